The maximum absolute atomic E-state index is 12.0. The van der Waals surface area contributed by atoms with Gasteiger partial charge in [-0.15, -0.1) is 0 Å². The van der Waals surface area contributed by atoms with Gasteiger partial charge >= 0.3 is 5.97 Å². The molecule has 0 bridgehead atoms. The summed E-state index contributed by atoms with van der Waals surface area (Å²) in [5.41, 5.74) is -0.473. The molecule has 0 aromatic heterocycles. The van der Waals surface area contributed by atoms with E-state index in [0.717, 1.165) is 0 Å². The first-order valence-corrected chi connectivity index (χ1v) is 6.20. The zero-order chi connectivity index (χ0) is 13.8. The van der Waals surface area contributed by atoms with Crippen LogP contribution in [0, 0.1) is 11.3 Å². The molecule has 18 heavy (non-hydrogen) atoms. The van der Waals surface area contributed by atoms with Crippen LogP contribution in [-0.2, 0) is 14.9 Å². The predicted octanol–water partition coefficient (Wildman–Crippen LogP) is 3.73. The van der Waals surface area contributed by atoms with Crippen LogP contribution in [0.4, 0.5) is 0 Å². The highest BCUT2D eigenvalue weighted by atomic mass is 35.5. The van der Waals surface area contributed by atoms with Crippen LogP contribution in [0.1, 0.15) is 25.8 Å². The van der Waals surface area contributed by atoms with Gasteiger partial charge in [0.15, 0.2) is 0 Å². The Morgan fingerprint density at radius 2 is 1.94 bits per heavy atom. The first-order valence-electron chi connectivity index (χ1n) is 5.44. The lowest BCUT2D eigenvalue weighted by Crippen LogP contribution is -2.34. The van der Waals surface area contributed by atoms with Gasteiger partial charge < -0.3 is 4.74 Å². The number of nitriles is 1. The molecule has 1 aromatic rings. The first kappa shape index (κ1) is 14.8. The number of benzene rings is 1. The molecule has 0 aliphatic heterocycles. The van der Waals surface area contributed by atoms with Crippen molar-refractivity contribution in [2.75, 3.05) is 6.61 Å². The molecule has 1 aromatic carbocycles. The molecule has 0 N–H and O–H groups in total. The molecule has 5 heteroatoms. The molecule has 1 rings (SSSR count). The second-order valence-corrected chi connectivity index (χ2v) is 4.92. The average molecular weight is 286 g/mol. The number of carbonyl (C=O) groups is 1. The Balaban J connectivity index is 3.26. The standard InChI is InChI=1S/C13H13Cl2NO2/c1-3-18-12(17)13(2,4-5-16)9-6-10(14)8-11(15)7-9/h6-8H,3-4H2,1-2H3. The number of esters is 1. The van der Waals surface area contributed by atoms with Crippen molar-refractivity contribution >= 4 is 29.2 Å². The van der Waals surface area contributed by atoms with E-state index in [2.05, 4.69) is 0 Å². The van der Waals surface area contributed by atoms with Crippen LogP contribution < -0.4 is 0 Å². The summed E-state index contributed by atoms with van der Waals surface area (Å²) in [6, 6.07) is 6.83. The zero-order valence-electron chi connectivity index (χ0n) is 10.2. The van der Waals surface area contributed by atoms with Crippen molar-refractivity contribution in [1.29, 1.82) is 5.26 Å². The summed E-state index contributed by atoms with van der Waals surface area (Å²) in [4.78, 5) is 12.0. The predicted molar refractivity (Wildman–Crippen MR) is 70.7 cm³/mol. The maximum atomic E-state index is 12.0. The molecule has 0 radical (unpaired) electrons. The summed E-state index contributed by atoms with van der Waals surface area (Å²) in [6.45, 7) is 3.62. The van der Waals surface area contributed by atoms with Gasteiger partial charge in [0, 0.05) is 10.0 Å². The van der Waals surface area contributed by atoms with E-state index < -0.39 is 11.4 Å². The summed E-state index contributed by atoms with van der Waals surface area (Å²) < 4.78 is 5.02. The van der Waals surface area contributed by atoms with Crippen molar-refractivity contribution in [3.8, 4) is 6.07 Å². The van der Waals surface area contributed by atoms with Gasteiger partial charge in [-0.1, -0.05) is 23.2 Å². The molecular formula is C13H13Cl2NO2. The van der Waals surface area contributed by atoms with Gasteiger partial charge in [-0.05, 0) is 37.6 Å². The van der Waals surface area contributed by atoms with Gasteiger partial charge in [0.25, 0.3) is 0 Å². The van der Waals surface area contributed by atoms with E-state index in [4.69, 9.17) is 33.2 Å². The van der Waals surface area contributed by atoms with E-state index >= 15 is 0 Å². The molecule has 0 fully saturated rings. The van der Waals surface area contributed by atoms with E-state index in [0.29, 0.717) is 15.6 Å². The number of carbonyl (C=O) groups excluding carboxylic acids is 1. The average Bonchev–Trinajstić information content (AvgIpc) is 2.28. The highest BCUT2D eigenvalue weighted by Crippen LogP contribution is 2.33. The highest BCUT2D eigenvalue weighted by Gasteiger charge is 2.37. The number of nitrogens with zero attached hydrogens (tertiary/aromatic N) is 1. The van der Waals surface area contributed by atoms with Crippen LogP contribution in [0.25, 0.3) is 0 Å². The molecule has 0 saturated heterocycles. The Bertz CT molecular complexity index is 476. The third-order valence-corrected chi connectivity index (χ3v) is 3.09. The normalized spacial score (nSPS) is 13.5. The van der Waals surface area contributed by atoms with Crippen LogP contribution in [0.2, 0.25) is 10.0 Å². The van der Waals surface area contributed by atoms with Crippen molar-refractivity contribution in [2.24, 2.45) is 0 Å². The van der Waals surface area contributed by atoms with Crippen molar-refractivity contribution in [3.05, 3.63) is 33.8 Å². The molecule has 96 valence electrons. The van der Waals surface area contributed by atoms with Crippen LogP contribution in [0.15, 0.2) is 18.2 Å². The molecule has 0 aliphatic rings. The summed E-state index contributed by atoms with van der Waals surface area (Å²) in [5.74, 6) is -0.454. The Morgan fingerprint density at radius 1 is 1.39 bits per heavy atom. The lowest BCUT2D eigenvalue weighted by molar-refractivity contribution is -0.149. The Labute approximate surface area is 116 Å². The molecule has 1 atom stereocenters. The van der Waals surface area contributed by atoms with E-state index in [1.807, 2.05) is 6.07 Å². The maximum Gasteiger partial charge on any atom is 0.317 e. The SMILES string of the molecule is CCOC(=O)C(C)(CC#N)c1cc(Cl)cc(Cl)c1. The van der Waals surface area contributed by atoms with Gasteiger partial charge in [0.1, 0.15) is 5.41 Å². The van der Waals surface area contributed by atoms with Gasteiger partial charge in [0.2, 0.25) is 0 Å². The van der Waals surface area contributed by atoms with Crippen LogP contribution in [0.3, 0.4) is 0 Å². The summed E-state index contributed by atoms with van der Waals surface area (Å²) in [5, 5.41) is 9.74. The lowest BCUT2D eigenvalue weighted by atomic mass is 9.80. The number of hydrogen-bond acceptors (Lipinski definition) is 3. The molecule has 3 nitrogen and oxygen atoms in total. The summed E-state index contributed by atoms with van der Waals surface area (Å²) in [6.07, 6.45) is 0.00248. The van der Waals surface area contributed by atoms with E-state index in [9.17, 15) is 4.79 Å². The third kappa shape index (κ3) is 3.16. The number of rotatable bonds is 4. The summed E-state index contributed by atoms with van der Waals surface area (Å²) >= 11 is 11.8. The van der Waals surface area contributed by atoms with Crippen LogP contribution in [-0.4, -0.2) is 12.6 Å². The second kappa shape index (κ2) is 6.08. The number of ether oxygens (including phenoxy) is 1. The van der Waals surface area contributed by atoms with Crippen molar-refractivity contribution in [2.45, 2.75) is 25.7 Å². The largest absolute Gasteiger partial charge is 0.465 e. The molecule has 0 heterocycles. The number of halogens is 2. The molecule has 0 amide bonds. The fraction of sp³-hybridized carbons (Fsp3) is 0.385. The Kier molecular flexibility index (Phi) is 5.01. The molecule has 0 spiro atoms. The topological polar surface area (TPSA) is 50.1 Å². The fourth-order valence-corrected chi connectivity index (χ4v) is 2.14. The quantitative estimate of drug-likeness (QED) is 0.792. The monoisotopic (exact) mass is 285 g/mol. The highest BCUT2D eigenvalue weighted by molar-refractivity contribution is 6.34. The smallest absolute Gasteiger partial charge is 0.317 e. The fourth-order valence-electron chi connectivity index (χ4n) is 1.61. The first-order chi connectivity index (χ1) is 8.43. The Hall–Kier alpha value is -1.24. The van der Waals surface area contributed by atoms with Crippen molar-refractivity contribution in [3.63, 3.8) is 0 Å². The minimum Gasteiger partial charge on any atom is -0.465 e. The van der Waals surface area contributed by atoms with Gasteiger partial charge in [-0.3, -0.25) is 4.79 Å². The van der Waals surface area contributed by atoms with Crippen LogP contribution >= 0.6 is 23.2 Å². The van der Waals surface area contributed by atoms with E-state index in [-0.39, 0.29) is 13.0 Å². The zero-order valence-corrected chi connectivity index (χ0v) is 11.7. The van der Waals surface area contributed by atoms with Gasteiger partial charge in [-0.25, -0.2) is 0 Å². The lowest BCUT2D eigenvalue weighted by Gasteiger charge is -2.25. The van der Waals surface area contributed by atoms with Crippen LogP contribution in [0.5, 0.6) is 0 Å². The van der Waals surface area contributed by atoms with Gasteiger partial charge in [-0.2, -0.15) is 5.26 Å². The van der Waals surface area contributed by atoms with E-state index in [1.54, 1.807) is 32.0 Å². The molecule has 1 unspecified atom stereocenters. The molecule has 0 aliphatic carbocycles. The third-order valence-electron chi connectivity index (χ3n) is 2.66. The molecule has 0 saturated carbocycles. The molecular weight excluding hydrogens is 273 g/mol. The number of hydrogen-bond donors (Lipinski definition) is 0. The van der Waals surface area contributed by atoms with Crippen molar-refractivity contribution in [1.82, 2.24) is 0 Å². The van der Waals surface area contributed by atoms with Crippen molar-refractivity contribution < 1.29 is 9.53 Å². The van der Waals surface area contributed by atoms with Gasteiger partial charge in [0.05, 0.1) is 19.1 Å². The second-order valence-electron chi connectivity index (χ2n) is 4.05. The minimum absolute atomic E-state index is 0.00248. The summed E-state index contributed by atoms with van der Waals surface area (Å²) in [7, 11) is 0. The van der Waals surface area contributed by atoms with E-state index in [1.165, 1.54) is 0 Å². The minimum atomic E-state index is -1.06. The Morgan fingerprint density at radius 3 is 2.39 bits per heavy atom.